The Bertz CT molecular complexity index is 1750. The zero-order valence-corrected chi connectivity index (χ0v) is 27.2. The molecule has 5 heterocycles. The lowest BCUT2D eigenvalue weighted by molar-refractivity contribution is -0.119. The van der Waals surface area contributed by atoms with Crippen molar-refractivity contribution in [3.05, 3.63) is 88.3 Å². The molecule has 0 spiro atoms. The van der Waals surface area contributed by atoms with E-state index in [0.717, 1.165) is 48.2 Å². The first kappa shape index (κ1) is 32.5. The van der Waals surface area contributed by atoms with E-state index >= 15 is 0 Å². The summed E-state index contributed by atoms with van der Waals surface area (Å²) in [6.45, 7) is 5.44. The molecule has 0 aliphatic carbocycles. The van der Waals surface area contributed by atoms with Gasteiger partial charge < -0.3 is 30.7 Å². The highest BCUT2D eigenvalue weighted by Gasteiger charge is 2.21. The summed E-state index contributed by atoms with van der Waals surface area (Å²) < 4.78 is 11.0. The Labute approximate surface area is 278 Å². The van der Waals surface area contributed by atoms with Crippen LogP contribution in [0.25, 0.3) is 22.5 Å². The van der Waals surface area contributed by atoms with E-state index in [2.05, 4.69) is 31.2 Å². The standard InChI is InChI=1S/C35H38ClN7O4/c1-21-26(4-3-5-28(21)42-34(45)30-9-6-22(17-40-30)16-37-20-25-13-15-47-25)33-32(36)27(12-14-39-33)29-10-7-23(35(43-29)46-2)18-38-19-24-8-11-31(44)41-24/h3-7,9-10,12,14,17,24-25,37-38H,8,11,13,15-16,18-20H2,1-2H3,(H,41,44)(H,42,45)/t24-,25?/m0/s1. The molecule has 2 aliphatic heterocycles. The van der Waals surface area contributed by atoms with Crippen molar-refractivity contribution in [2.75, 3.05) is 32.1 Å². The van der Waals surface area contributed by atoms with E-state index in [4.69, 9.17) is 26.1 Å². The van der Waals surface area contributed by atoms with Crippen molar-refractivity contribution < 1.29 is 19.1 Å². The third kappa shape index (κ3) is 7.77. The monoisotopic (exact) mass is 655 g/mol. The molecule has 1 unspecified atom stereocenters. The number of carbonyl (C=O) groups is 2. The number of methoxy groups -OCH3 is 1. The van der Waals surface area contributed by atoms with Crippen LogP contribution in [0, 0.1) is 6.92 Å². The van der Waals surface area contributed by atoms with Gasteiger partial charge in [0.15, 0.2) is 0 Å². The summed E-state index contributed by atoms with van der Waals surface area (Å²) in [5.74, 6) is 0.277. The maximum absolute atomic E-state index is 13.1. The van der Waals surface area contributed by atoms with E-state index in [0.29, 0.717) is 71.4 Å². The van der Waals surface area contributed by atoms with Gasteiger partial charge >= 0.3 is 0 Å². The molecule has 2 fully saturated rings. The molecule has 2 amide bonds. The van der Waals surface area contributed by atoms with E-state index in [-0.39, 0.29) is 17.9 Å². The molecular weight excluding hydrogens is 618 g/mol. The summed E-state index contributed by atoms with van der Waals surface area (Å²) in [4.78, 5) is 38.3. The lowest BCUT2D eigenvalue weighted by Crippen LogP contribution is -2.36. The number of carbonyl (C=O) groups excluding carboxylic acids is 2. The molecule has 6 rings (SSSR count). The Balaban J connectivity index is 1.14. The van der Waals surface area contributed by atoms with Crippen molar-refractivity contribution in [1.29, 1.82) is 0 Å². The quantitative estimate of drug-likeness (QED) is 0.162. The molecule has 2 aliphatic rings. The van der Waals surface area contributed by atoms with E-state index in [9.17, 15) is 9.59 Å². The molecule has 3 aromatic heterocycles. The number of pyridine rings is 3. The number of rotatable bonds is 13. The molecule has 2 atom stereocenters. The number of hydrogen-bond acceptors (Lipinski definition) is 9. The summed E-state index contributed by atoms with van der Waals surface area (Å²) in [6.07, 6.45) is 6.19. The summed E-state index contributed by atoms with van der Waals surface area (Å²) in [5, 5.41) is 13.1. The SMILES string of the molecule is COc1nc(-c2ccnc(-c3cccc(NC(=O)c4ccc(CNCC5CCO5)cn4)c3C)c2Cl)ccc1CNC[C@@H]1CCC(=O)N1. The second-order valence-electron chi connectivity index (χ2n) is 11.7. The van der Waals surface area contributed by atoms with Crippen LogP contribution in [0.4, 0.5) is 5.69 Å². The van der Waals surface area contributed by atoms with Crippen LogP contribution < -0.4 is 26.0 Å². The van der Waals surface area contributed by atoms with Crippen LogP contribution in [0.1, 0.15) is 46.4 Å². The third-order valence-corrected chi connectivity index (χ3v) is 8.86. The average Bonchev–Trinajstić information content (AvgIpc) is 3.48. The van der Waals surface area contributed by atoms with E-state index < -0.39 is 0 Å². The number of halogens is 1. The second-order valence-corrected chi connectivity index (χ2v) is 12.1. The first-order chi connectivity index (χ1) is 22.9. The van der Waals surface area contributed by atoms with Gasteiger partial charge in [-0.15, -0.1) is 0 Å². The highest BCUT2D eigenvalue weighted by atomic mass is 35.5. The molecule has 2 saturated heterocycles. The Kier molecular flexibility index (Phi) is 10.4. The van der Waals surface area contributed by atoms with Gasteiger partial charge in [-0.05, 0) is 55.2 Å². The average molecular weight is 656 g/mol. The van der Waals surface area contributed by atoms with Gasteiger partial charge in [0.2, 0.25) is 11.8 Å². The molecule has 12 heteroatoms. The van der Waals surface area contributed by atoms with Crippen molar-refractivity contribution >= 4 is 29.1 Å². The van der Waals surface area contributed by atoms with Gasteiger partial charge in [0.25, 0.3) is 5.91 Å². The van der Waals surface area contributed by atoms with Crippen LogP contribution >= 0.6 is 11.6 Å². The lowest BCUT2D eigenvalue weighted by Gasteiger charge is -2.26. The Morgan fingerprint density at radius 3 is 2.62 bits per heavy atom. The van der Waals surface area contributed by atoms with Gasteiger partial charge in [-0.3, -0.25) is 19.6 Å². The summed E-state index contributed by atoms with van der Waals surface area (Å²) in [5.41, 5.74) is 6.37. The van der Waals surface area contributed by atoms with Gasteiger partial charge in [-0.1, -0.05) is 35.9 Å². The molecule has 4 N–H and O–H groups in total. The summed E-state index contributed by atoms with van der Waals surface area (Å²) >= 11 is 6.99. The highest BCUT2D eigenvalue weighted by molar-refractivity contribution is 6.35. The predicted octanol–water partition coefficient (Wildman–Crippen LogP) is 4.68. The number of anilines is 1. The smallest absolute Gasteiger partial charge is 0.274 e. The molecule has 0 radical (unpaired) electrons. The van der Waals surface area contributed by atoms with Crippen molar-refractivity contribution in [3.8, 4) is 28.4 Å². The maximum atomic E-state index is 13.1. The van der Waals surface area contributed by atoms with Gasteiger partial charge in [-0.2, -0.15) is 0 Å². The largest absolute Gasteiger partial charge is 0.481 e. The number of hydrogen-bond donors (Lipinski definition) is 4. The van der Waals surface area contributed by atoms with Crippen LogP contribution in [-0.4, -0.2) is 65.7 Å². The number of nitrogens with one attached hydrogen (secondary N) is 4. The van der Waals surface area contributed by atoms with E-state index in [1.165, 1.54) is 0 Å². The van der Waals surface area contributed by atoms with Crippen LogP contribution in [0.2, 0.25) is 5.02 Å². The van der Waals surface area contributed by atoms with Crippen molar-refractivity contribution in [2.45, 2.75) is 51.4 Å². The molecule has 47 heavy (non-hydrogen) atoms. The molecule has 0 saturated carbocycles. The van der Waals surface area contributed by atoms with Crippen LogP contribution in [-0.2, 0) is 22.6 Å². The number of aromatic nitrogens is 3. The minimum absolute atomic E-state index is 0.0956. The third-order valence-electron chi connectivity index (χ3n) is 8.48. The van der Waals surface area contributed by atoms with E-state index in [1.807, 2.05) is 49.4 Å². The minimum Gasteiger partial charge on any atom is -0.481 e. The lowest BCUT2D eigenvalue weighted by atomic mass is 10.0. The fraction of sp³-hybridized carbons (Fsp3) is 0.343. The van der Waals surface area contributed by atoms with Crippen LogP contribution in [0.5, 0.6) is 5.88 Å². The Morgan fingerprint density at radius 1 is 1.04 bits per heavy atom. The van der Waals surface area contributed by atoms with Gasteiger partial charge in [0.1, 0.15) is 5.69 Å². The minimum atomic E-state index is -0.306. The van der Waals surface area contributed by atoms with Crippen molar-refractivity contribution in [2.24, 2.45) is 0 Å². The zero-order valence-electron chi connectivity index (χ0n) is 26.4. The molecular formula is C35H38ClN7O4. The Hall–Kier alpha value is -4.42. The van der Waals surface area contributed by atoms with Crippen molar-refractivity contribution in [3.63, 3.8) is 0 Å². The number of amides is 2. The molecule has 244 valence electrons. The number of nitrogens with zero attached hydrogens (tertiary/aromatic N) is 3. The predicted molar refractivity (Wildman–Crippen MR) is 180 cm³/mol. The van der Waals surface area contributed by atoms with Crippen LogP contribution in [0.3, 0.4) is 0 Å². The Morgan fingerprint density at radius 2 is 1.89 bits per heavy atom. The fourth-order valence-corrected chi connectivity index (χ4v) is 5.98. The number of benzene rings is 1. The molecule has 11 nitrogen and oxygen atoms in total. The van der Waals surface area contributed by atoms with Crippen molar-refractivity contribution in [1.82, 2.24) is 30.9 Å². The van der Waals surface area contributed by atoms with E-state index in [1.54, 1.807) is 25.6 Å². The van der Waals surface area contributed by atoms with Gasteiger partial charge in [0.05, 0.1) is 29.6 Å². The topological polar surface area (TPSA) is 139 Å². The van der Waals surface area contributed by atoms with Gasteiger partial charge in [-0.25, -0.2) is 4.98 Å². The maximum Gasteiger partial charge on any atom is 0.274 e. The summed E-state index contributed by atoms with van der Waals surface area (Å²) in [6, 6.07) is 15.1. The normalized spacial score (nSPS) is 17.2. The highest BCUT2D eigenvalue weighted by Crippen LogP contribution is 2.38. The fourth-order valence-electron chi connectivity index (χ4n) is 5.67. The molecule has 0 bridgehead atoms. The second kappa shape index (κ2) is 15.0. The number of ether oxygens (including phenoxy) is 2. The van der Waals surface area contributed by atoms with Crippen LogP contribution in [0.15, 0.2) is 60.9 Å². The molecule has 1 aromatic carbocycles. The zero-order chi connectivity index (χ0) is 32.8. The van der Waals surface area contributed by atoms with Gasteiger partial charge in [0, 0.05) is 80.0 Å². The summed E-state index contributed by atoms with van der Waals surface area (Å²) in [7, 11) is 1.59. The first-order valence-electron chi connectivity index (χ1n) is 15.8. The molecule has 4 aromatic rings. The first-order valence-corrected chi connectivity index (χ1v) is 16.1.